The minimum absolute atomic E-state index is 0.0196. The summed E-state index contributed by atoms with van der Waals surface area (Å²) in [6.07, 6.45) is 3.81. The molecule has 2 rings (SSSR count). The third kappa shape index (κ3) is 4.07. The summed E-state index contributed by atoms with van der Waals surface area (Å²) in [7, 11) is 0. The molecule has 6 nitrogen and oxygen atoms in total. The Kier molecular flexibility index (Phi) is 5.52. The number of carbonyl (C=O) groups excluding carboxylic acids is 2. The smallest absolute Gasteiger partial charge is 0.344 e. The summed E-state index contributed by atoms with van der Waals surface area (Å²) >= 11 is 0. The van der Waals surface area contributed by atoms with E-state index >= 15 is 0 Å². The number of nitrogens with zero attached hydrogens (tertiary/aromatic N) is 3. The van der Waals surface area contributed by atoms with Crippen LogP contribution in [-0.2, 0) is 4.79 Å². The standard InChI is InChI=1S/C16H22N4O2/c1-3-9-19(10-4-2)14-7-5-13(6-8-14)11-17-20-12-15(21)18-16(20)22/h5-8,11H,3-4,9-10,12H2,1-2H3,(H,18,21,22)/b17-11-. The maximum absolute atomic E-state index is 11.4. The van der Waals surface area contributed by atoms with E-state index in [1.165, 1.54) is 5.69 Å². The highest BCUT2D eigenvalue weighted by Gasteiger charge is 2.25. The molecule has 0 saturated carbocycles. The van der Waals surface area contributed by atoms with Gasteiger partial charge >= 0.3 is 6.03 Å². The first kappa shape index (κ1) is 16.0. The molecule has 1 aliphatic rings. The topological polar surface area (TPSA) is 65.0 Å². The average Bonchev–Trinajstić information content (AvgIpc) is 2.83. The number of benzene rings is 1. The van der Waals surface area contributed by atoms with Gasteiger partial charge in [0.15, 0.2) is 0 Å². The lowest BCUT2D eigenvalue weighted by Gasteiger charge is -2.23. The number of rotatable bonds is 7. The van der Waals surface area contributed by atoms with Gasteiger partial charge in [-0.05, 0) is 30.5 Å². The van der Waals surface area contributed by atoms with Crippen molar-refractivity contribution in [2.75, 3.05) is 24.5 Å². The Morgan fingerprint density at radius 3 is 2.32 bits per heavy atom. The summed E-state index contributed by atoms with van der Waals surface area (Å²) in [5.41, 5.74) is 2.08. The van der Waals surface area contributed by atoms with Gasteiger partial charge in [-0.3, -0.25) is 10.1 Å². The number of hydrogen-bond donors (Lipinski definition) is 1. The fourth-order valence-corrected chi connectivity index (χ4v) is 2.34. The van der Waals surface area contributed by atoms with E-state index in [-0.39, 0.29) is 12.5 Å². The Hall–Kier alpha value is -2.37. The fraction of sp³-hybridized carbons (Fsp3) is 0.438. The van der Waals surface area contributed by atoms with Gasteiger partial charge in [0, 0.05) is 18.8 Å². The predicted octanol–water partition coefficient (Wildman–Crippen LogP) is 2.20. The summed E-state index contributed by atoms with van der Waals surface area (Å²) in [6, 6.07) is 7.57. The number of amides is 3. The Bertz CT molecular complexity index is 548. The van der Waals surface area contributed by atoms with Gasteiger partial charge in [-0.25, -0.2) is 9.80 Å². The van der Waals surface area contributed by atoms with Crippen LogP contribution in [0.1, 0.15) is 32.3 Å². The van der Waals surface area contributed by atoms with Crippen molar-refractivity contribution in [1.82, 2.24) is 10.3 Å². The van der Waals surface area contributed by atoms with Crippen molar-refractivity contribution in [1.29, 1.82) is 0 Å². The van der Waals surface area contributed by atoms with E-state index in [9.17, 15) is 9.59 Å². The van der Waals surface area contributed by atoms with Gasteiger partial charge in [0.05, 0.1) is 6.21 Å². The lowest BCUT2D eigenvalue weighted by atomic mass is 10.2. The zero-order valence-corrected chi connectivity index (χ0v) is 13.1. The molecule has 0 aliphatic carbocycles. The number of carbonyl (C=O) groups is 2. The molecular weight excluding hydrogens is 280 g/mol. The highest BCUT2D eigenvalue weighted by molar-refractivity contribution is 6.02. The van der Waals surface area contributed by atoms with E-state index in [1.807, 2.05) is 12.1 Å². The summed E-state index contributed by atoms with van der Waals surface area (Å²) < 4.78 is 0. The average molecular weight is 302 g/mol. The number of hydrazone groups is 1. The number of hydrogen-bond acceptors (Lipinski definition) is 4. The zero-order valence-electron chi connectivity index (χ0n) is 13.1. The zero-order chi connectivity index (χ0) is 15.9. The van der Waals surface area contributed by atoms with Crippen LogP contribution in [0.4, 0.5) is 10.5 Å². The SMILES string of the molecule is CCCN(CCC)c1ccc(/C=N\N2CC(=O)NC2=O)cc1. The number of anilines is 1. The molecule has 0 bridgehead atoms. The number of urea groups is 1. The van der Waals surface area contributed by atoms with E-state index < -0.39 is 6.03 Å². The molecule has 1 aliphatic heterocycles. The molecule has 1 aromatic rings. The summed E-state index contributed by atoms with van der Waals surface area (Å²) in [5, 5.41) is 7.34. The Morgan fingerprint density at radius 1 is 1.18 bits per heavy atom. The molecule has 0 atom stereocenters. The molecule has 22 heavy (non-hydrogen) atoms. The van der Waals surface area contributed by atoms with Crippen LogP contribution in [0.5, 0.6) is 0 Å². The normalized spacial score (nSPS) is 14.7. The van der Waals surface area contributed by atoms with Gasteiger partial charge in [-0.1, -0.05) is 26.0 Å². The summed E-state index contributed by atoms with van der Waals surface area (Å²) in [5.74, 6) is -0.327. The molecule has 1 N–H and O–H groups in total. The molecule has 0 aromatic heterocycles. The number of nitrogens with one attached hydrogen (secondary N) is 1. The quantitative estimate of drug-likeness (QED) is 0.620. The molecule has 1 fully saturated rings. The second-order valence-electron chi connectivity index (χ2n) is 5.23. The van der Waals surface area contributed by atoms with Crippen LogP contribution in [0, 0.1) is 0 Å². The maximum atomic E-state index is 11.4. The van der Waals surface area contributed by atoms with Crippen LogP contribution < -0.4 is 10.2 Å². The molecule has 1 aromatic carbocycles. The summed E-state index contributed by atoms with van der Waals surface area (Å²) in [6.45, 7) is 6.40. The highest BCUT2D eigenvalue weighted by Crippen LogP contribution is 2.15. The van der Waals surface area contributed by atoms with Crippen molar-refractivity contribution in [3.8, 4) is 0 Å². The van der Waals surface area contributed by atoms with Gasteiger partial charge in [-0.2, -0.15) is 5.10 Å². The Balaban J connectivity index is 2.02. The van der Waals surface area contributed by atoms with Crippen LogP contribution in [0.2, 0.25) is 0 Å². The first-order valence-electron chi connectivity index (χ1n) is 7.64. The summed E-state index contributed by atoms with van der Waals surface area (Å²) in [4.78, 5) is 24.8. The molecule has 0 unspecified atom stereocenters. The fourth-order valence-electron chi connectivity index (χ4n) is 2.34. The van der Waals surface area contributed by atoms with Crippen molar-refractivity contribution < 1.29 is 9.59 Å². The second kappa shape index (κ2) is 7.59. The Labute approximate surface area is 130 Å². The van der Waals surface area contributed by atoms with E-state index in [0.29, 0.717) is 0 Å². The van der Waals surface area contributed by atoms with Crippen LogP contribution in [0.25, 0.3) is 0 Å². The molecular formula is C16H22N4O2. The van der Waals surface area contributed by atoms with Crippen molar-refractivity contribution in [3.63, 3.8) is 0 Å². The minimum atomic E-state index is -0.477. The van der Waals surface area contributed by atoms with Crippen molar-refractivity contribution in [3.05, 3.63) is 29.8 Å². The van der Waals surface area contributed by atoms with Crippen molar-refractivity contribution in [2.24, 2.45) is 5.10 Å². The first-order valence-corrected chi connectivity index (χ1v) is 7.64. The monoisotopic (exact) mass is 302 g/mol. The van der Waals surface area contributed by atoms with Gasteiger partial charge < -0.3 is 4.90 Å². The van der Waals surface area contributed by atoms with Gasteiger partial charge in [0.2, 0.25) is 5.91 Å². The van der Waals surface area contributed by atoms with Crippen molar-refractivity contribution in [2.45, 2.75) is 26.7 Å². The molecule has 118 valence electrons. The first-order chi connectivity index (χ1) is 10.6. The highest BCUT2D eigenvalue weighted by atomic mass is 16.2. The second-order valence-corrected chi connectivity index (χ2v) is 5.23. The third-order valence-corrected chi connectivity index (χ3v) is 3.37. The van der Waals surface area contributed by atoms with Gasteiger partial charge in [0.1, 0.15) is 6.54 Å². The van der Waals surface area contributed by atoms with Crippen LogP contribution in [0.3, 0.4) is 0 Å². The van der Waals surface area contributed by atoms with E-state index in [4.69, 9.17) is 0 Å². The Morgan fingerprint density at radius 2 is 1.82 bits per heavy atom. The maximum Gasteiger partial charge on any atom is 0.344 e. The molecule has 6 heteroatoms. The molecule has 1 saturated heterocycles. The molecule has 1 heterocycles. The van der Waals surface area contributed by atoms with Crippen LogP contribution >= 0.6 is 0 Å². The van der Waals surface area contributed by atoms with Gasteiger partial charge in [-0.15, -0.1) is 0 Å². The van der Waals surface area contributed by atoms with E-state index in [1.54, 1.807) is 6.21 Å². The largest absolute Gasteiger partial charge is 0.372 e. The van der Waals surface area contributed by atoms with Crippen molar-refractivity contribution >= 4 is 23.8 Å². The van der Waals surface area contributed by atoms with Gasteiger partial charge in [0.25, 0.3) is 0 Å². The lowest BCUT2D eigenvalue weighted by Crippen LogP contribution is -2.24. The number of imide groups is 1. The molecule has 0 radical (unpaired) electrons. The molecule has 0 spiro atoms. The molecule has 3 amide bonds. The van der Waals surface area contributed by atoms with E-state index in [0.717, 1.165) is 36.5 Å². The van der Waals surface area contributed by atoms with Crippen LogP contribution in [0.15, 0.2) is 29.4 Å². The lowest BCUT2D eigenvalue weighted by molar-refractivity contribution is -0.118. The third-order valence-electron chi connectivity index (χ3n) is 3.37. The van der Waals surface area contributed by atoms with Crippen LogP contribution in [-0.4, -0.2) is 42.8 Å². The minimum Gasteiger partial charge on any atom is -0.372 e. The predicted molar refractivity (Wildman–Crippen MR) is 87.1 cm³/mol. The van der Waals surface area contributed by atoms with E-state index in [2.05, 4.69) is 41.3 Å².